The van der Waals surface area contributed by atoms with Crippen LogP contribution in [0.4, 0.5) is 4.39 Å². The Kier molecular flexibility index (Phi) is 3.36. The second kappa shape index (κ2) is 5.32. The number of aromatic nitrogens is 2. The largest absolute Gasteiger partial charge is 0.287 e. The first-order valence-electron chi connectivity index (χ1n) is 6.56. The topological polar surface area (TPSA) is 34.9 Å². The van der Waals surface area contributed by atoms with Crippen LogP contribution in [0.1, 0.15) is 21.6 Å². The number of carbonyl (C=O) groups is 1. The second-order valence-corrected chi connectivity index (χ2v) is 4.83. The van der Waals surface area contributed by atoms with Crippen LogP contribution in [0, 0.1) is 12.7 Å². The molecule has 0 aliphatic rings. The summed E-state index contributed by atoms with van der Waals surface area (Å²) in [5, 5.41) is 4.26. The number of halogens is 1. The van der Waals surface area contributed by atoms with Crippen LogP contribution in [0.15, 0.2) is 60.8 Å². The van der Waals surface area contributed by atoms with Gasteiger partial charge in [-0.15, -0.1) is 0 Å². The van der Waals surface area contributed by atoms with Gasteiger partial charge in [-0.2, -0.15) is 5.10 Å². The lowest BCUT2D eigenvalue weighted by Gasteiger charge is -2.01. The van der Waals surface area contributed by atoms with Gasteiger partial charge < -0.3 is 0 Å². The van der Waals surface area contributed by atoms with Gasteiger partial charge >= 0.3 is 0 Å². The van der Waals surface area contributed by atoms with Crippen molar-refractivity contribution in [2.45, 2.75) is 6.92 Å². The average Bonchev–Trinajstić information content (AvgIpc) is 2.96. The summed E-state index contributed by atoms with van der Waals surface area (Å²) in [6.07, 6.45) is 1.72. The summed E-state index contributed by atoms with van der Waals surface area (Å²) in [7, 11) is 0. The minimum Gasteiger partial charge on any atom is -0.287 e. The molecule has 0 radical (unpaired) electrons. The molecule has 0 atom stereocenters. The van der Waals surface area contributed by atoms with E-state index in [1.807, 2.05) is 30.3 Å². The Hall–Kier alpha value is -2.75. The zero-order valence-corrected chi connectivity index (χ0v) is 11.5. The third kappa shape index (κ3) is 2.74. The van der Waals surface area contributed by atoms with Crippen LogP contribution in [-0.2, 0) is 0 Å². The molecule has 0 spiro atoms. The van der Waals surface area contributed by atoms with Crippen LogP contribution >= 0.6 is 0 Å². The SMILES string of the molecule is Cc1cc(F)cc(C(=O)c2ccn(-c3ccccc3)n2)c1. The van der Waals surface area contributed by atoms with Gasteiger partial charge in [-0.1, -0.05) is 18.2 Å². The van der Waals surface area contributed by atoms with E-state index in [1.54, 1.807) is 29.9 Å². The van der Waals surface area contributed by atoms with Crippen molar-refractivity contribution in [3.8, 4) is 5.69 Å². The van der Waals surface area contributed by atoms with E-state index in [4.69, 9.17) is 0 Å². The monoisotopic (exact) mass is 280 g/mol. The van der Waals surface area contributed by atoms with Crippen molar-refractivity contribution in [1.82, 2.24) is 9.78 Å². The lowest BCUT2D eigenvalue weighted by Crippen LogP contribution is -2.05. The van der Waals surface area contributed by atoms with Crippen molar-refractivity contribution >= 4 is 5.78 Å². The molecule has 0 amide bonds. The molecule has 1 heterocycles. The fraction of sp³-hybridized carbons (Fsp3) is 0.0588. The molecular formula is C17H13FN2O. The Labute approximate surface area is 121 Å². The first-order chi connectivity index (χ1) is 10.1. The number of aryl methyl sites for hydroxylation is 1. The summed E-state index contributed by atoms with van der Waals surface area (Å²) >= 11 is 0. The number of hydrogen-bond donors (Lipinski definition) is 0. The van der Waals surface area contributed by atoms with Crippen molar-refractivity contribution in [3.05, 3.63) is 83.4 Å². The van der Waals surface area contributed by atoms with Gasteiger partial charge in [0.25, 0.3) is 0 Å². The van der Waals surface area contributed by atoms with Crippen LogP contribution < -0.4 is 0 Å². The van der Waals surface area contributed by atoms with Crippen molar-refractivity contribution in [3.63, 3.8) is 0 Å². The Bertz CT molecular complexity index is 773. The van der Waals surface area contributed by atoms with Crippen LogP contribution in [0.3, 0.4) is 0 Å². The maximum absolute atomic E-state index is 13.4. The maximum atomic E-state index is 13.4. The zero-order chi connectivity index (χ0) is 14.8. The highest BCUT2D eigenvalue weighted by molar-refractivity contribution is 6.07. The summed E-state index contributed by atoms with van der Waals surface area (Å²) < 4.78 is 15.0. The highest BCUT2D eigenvalue weighted by atomic mass is 19.1. The summed E-state index contributed by atoms with van der Waals surface area (Å²) in [5.74, 6) is -0.701. The van der Waals surface area contributed by atoms with Crippen LogP contribution in [0.5, 0.6) is 0 Å². The fourth-order valence-corrected chi connectivity index (χ4v) is 2.18. The van der Waals surface area contributed by atoms with Crippen molar-refractivity contribution in [2.75, 3.05) is 0 Å². The third-order valence-corrected chi connectivity index (χ3v) is 3.15. The minimum atomic E-state index is -0.416. The van der Waals surface area contributed by atoms with Crippen molar-refractivity contribution < 1.29 is 9.18 Å². The van der Waals surface area contributed by atoms with E-state index in [0.717, 1.165) is 5.69 Å². The van der Waals surface area contributed by atoms with Gasteiger partial charge in [-0.05, 0) is 48.9 Å². The second-order valence-electron chi connectivity index (χ2n) is 4.83. The molecule has 1 aromatic heterocycles. The molecule has 0 aliphatic carbocycles. The molecule has 0 saturated carbocycles. The highest BCUT2D eigenvalue weighted by Crippen LogP contribution is 2.14. The van der Waals surface area contributed by atoms with Gasteiger partial charge in [-0.3, -0.25) is 4.79 Å². The molecule has 0 bridgehead atoms. The first kappa shape index (κ1) is 13.2. The van der Waals surface area contributed by atoms with E-state index in [9.17, 15) is 9.18 Å². The molecule has 4 heteroatoms. The zero-order valence-electron chi connectivity index (χ0n) is 11.5. The van der Waals surface area contributed by atoms with Gasteiger partial charge in [-0.25, -0.2) is 9.07 Å². The van der Waals surface area contributed by atoms with Gasteiger partial charge in [0, 0.05) is 11.8 Å². The summed E-state index contributed by atoms with van der Waals surface area (Å²) in [4.78, 5) is 12.4. The predicted molar refractivity (Wildman–Crippen MR) is 78.1 cm³/mol. The number of benzene rings is 2. The van der Waals surface area contributed by atoms with Crippen molar-refractivity contribution in [2.24, 2.45) is 0 Å². The van der Waals surface area contributed by atoms with E-state index in [2.05, 4.69) is 5.10 Å². The first-order valence-corrected chi connectivity index (χ1v) is 6.56. The smallest absolute Gasteiger partial charge is 0.213 e. The molecule has 3 rings (SSSR count). The van der Waals surface area contributed by atoms with Crippen molar-refractivity contribution in [1.29, 1.82) is 0 Å². The Morgan fingerprint density at radius 3 is 2.57 bits per heavy atom. The minimum absolute atomic E-state index is 0.285. The van der Waals surface area contributed by atoms with E-state index in [0.29, 0.717) is 16.8 Å². The number of hydrogen-bond acceptors (Lipinski definition) is 2. The number of rotatable bonds is 3. The standard InChI is InChI=1S/C17H13FN2O/c1-12-9-13(11-14(18)10-12)17(21)16-7-8-20(19-16)15-5-3-2-4-6-15/h2-11H,1H3. The number of ketones is 1. The molecular weight excluding hydrogens is 267 g/mol. The number of nitrogens with zero attached hydrogens (tertiary/aromatic N) is 2. The molecule has 21 heavy (non-hydrogen) atoms. The fourth-order valence-electron chi connectivity index (χ4n) is 2.18. The third-order valence-electron chi connectivity index (χ3n) is 3.15. The van der Waals surface area contributed by atoms with E-state index in [-0.39, 0.29) is 5.78 Å². The number of carbonyl (C=O) groups excluding carboxylic acids is 1. The molecule has 3 aromatic rings. The average molecular weight is 280 g/mol. The Balaban J connectivity index is 1.94. The molecule has 0 unspecified atom stereocenters. The molecule has 2 aromatic carbocycles. The summed E-state index contributed by atoms with van der Waals surface area (Å²) in [5.41, 5.74) is 2.18. The van der Waals surface area contributed by atoms with E-state index < -0.39 is 5.82 Å². The summed E-state index contributed by atoms with van der Waals surface area (Å²) in [6, 6.07) is 15.4. The molecule has 3 nitrogen and oxygen atoms in total. The van der Waals surface area contributed by atoms with Gasteiger partial charge in [0.15, 0.2) is 0 Å². The van der Waals surface area contributed by atoms with Gasteiger partial charge in [0.05, 0.1) is 5.69 Å². The van der Waals surface area contributed by atoms with Crippen LogP contribution in [-0.4, -0.2) is 15.6 Å². The molecule has 0 saturated heterocycles. The molecule has 0 aliphatic heterocycles. The van der Waals surface area contributed by atoms with Crippen LogP contribution in [0.25, 0.3) is 5.69 Å². The van der Waals surface area contributed by atoms with Gasteiger partial charge in [0.2, 0.25) is 5.78 Å². The predicted octanol–water partition coefficient (Wildman–Crippen LogP) is 3.55. The summed E-state index contributed by atoms with van der Waals surface area (Å²) in [6.45, 7) is 1.75. The quantitative estimate of drug-likeness (QED) is 0.688. The molecule has 0 fully saturated rings. The molecule has 0 N–H and O–H groups in total. The lowest BCUT2D eigenvalue weighted by molar-refractivity contribution is 0.103. The lowest BCUT2D eigenvalue weighted by atomic mass is 10.1. The van der Waals surface area contributed by atoms with E-state index in [1.165, 1.54) is 12.1 Å². The Morgan fingerprint density at radius 1 is 1.10 bits per heavy atom. The Morgan fingerprint density at radius 2 is 1.86 bits per heavy atom. The molecule has 104 valence electrons. The maximum Gasteiger partial charge on any atom is 0.213 e. The van der Waals surface area contributed by atoms with Crippen LogP contribution in [0.2, 0.25) is 0 Å². The normalized spacial score (nSPS) is 10.6. The highest BCUT2D eigenvalue weighted by Gasteiger charge is 2.14. The number of para-hydroxylation sites is 1. The van der Waals surface area contributed by atoms with Gasteiger partial charge in [0.1, 0.15) is 11.5 Å². The van der Waals surface area contributed by atoms with E-state index >= 15 is 0 Å².